The molecule has 1 atom stereocenters. The molecule has 1 heterocycles. The summed E-state index contributed by atoms with van der Waals surface area (Å²) < 4.78 is 12.8. The highest BCUT2D eigenvalue weighted by molar-refractivity contribution is 8.15. The van der Waals surface area contributed by atoms with Crippen molar-refractivity contribution in [3.05, 3.63) is 35.6 Å². The van der Waals surface area contributed by atoms with Gasteiger partial charge in [0.15, 0.2) is 5.17 Å². The minimum Gasteiger partial charge on any atom is -0.481 e. The molecule has 1 aliphatic heterocycles. The molecule has 0 saturated carbocycles. The van der Waals surface area contributed by atoms with Crippen molar-refractivity contribution >= 4 is 34.5 Å². The number of hydrogen-bond acceptors (Lipinski definition) is 5. The van der Waals surface area contributed by atoms with Crippen molar-refractivity contribution < 1.29 is 19.1 Å². The van der Waals surface area contributed by atoms with Crippen LogP contribution in [-0.4, -0.2) is 33.1 Å². The number of nitrogens with zero attached hydrogens (tertiary/aromatic N) is 2. The summed E-state index contributed by atoms with van der Waals surface area (Å²) in [5.74, 6) is -1.78. The number of thioether (sulfide) groups is 1. The Kier molecular flexibility index (Phi) is 4.69. The van der Waals surface area contributed by atoms with Crippen LogP contribution in [0, 0.1) is 5.82 Å². The third-order valence-electron chi connectivity index (χ3n) is 2.69. The van der Waals surface area contributed by atoms with E-state index in [1.807, 2.05) is 0 Å². The average molecular weight is 309 g/mol. The summed E-state index contributed by atoms with van der Waals surface area (Å²) in [5.41, 5.74) is 1.26. The van der Waals surface area contributed by atoms with Gasteiger partial charge in [-0.3, -0.25) is 9.59 Å². The molecule has 1 aromatic carbocycles. The number of carboxylic acids is 1. The maximum Gasteiger partial charge on any atom is 0.305 e. The number of amides is 1. The molecule has 1 unspecified atom stereocenters. The van der Waals surface area contributed by atoms with E-state index >= 15 is 0 Å². The minimum atomic E-state index is -1.05. The van der Waals surface area contributed by atoms with E-state index in [0.29, 0.717) is 11.3 Å². The van der Waals surface area contributed by atoms with Crippen LogP contribution in [0.2, 0.25) is 0 Å². The number of aliphatic carboxylic acids is 1. The van der Waals surface area contributed by atoms with E-state index in [1.165, 1.54) is 12.1 Å². The van der Waals surface area contributed by atoms with Gasteiger partial charge in [0.05, 0.1) is 12.1 Å². The van der Waals surface area contributed by atoms with Crippen LogP contribution in [-0.2, 0) is 9.59 Å². The van der Waals surface area contributed by atoms with Crippen molar-refractivity contribution in [2.45, 2.75) is 18.6 Å². The monoisotopic (exact) mass is 309 g/mol. The van der Waals surface area contributed by atoms with E-state index in [1.54, 1.807) is 19.1 Å². The molecule has 2 N–H and O–H groups in total. The lowest BCUT2D eigenvalue weighted by molar-refractivity contribution is -0.138. The second kappa shape index (κ2) is 6.49. The van der Waals surface area contributed by atoms with Crippen LogP contribution < -0.4 is 5.32 Å². The SMILES string of the molecule is C/C(=N\N=C1\NC(=O)C(CC(=O)O)S1)c1ccc(F)cc1. The van der Waals surface area contributed by atoms with E-state index in [4.69, 9.17) is 5.11 Å². The number of amidine groups is 1. The Morgan fingerprint density at radius 1 is 1.43 bits per heavy atom. The molecule has 110 valence electrons. The Morgan fingerprint density at radius 2 is 2.10 bits per heavy atom. The van der Waals surface area contributed by atoms with Crippen molar-refractivity contribution in [1.82, 2.24) is 5.32 Å². The first-order valence-corrected chi connectivity index (χ1v) is 6.91. The fraction of sp³-hybridized carbons (Fsp3) is 0.231. The van der Waals surface area contributed by atoms with E-state index in [9.17, 15) is 14.0 Å². The van der Waals surface area contributed by atoms with Gasteiger partial charge < -0.3 is 10.4 Å². The van der Waals surface area contributed by atoms with Gasteiger partial charge in [-0.15, -0.1) is 5.10 Å². The summed E-state index contributed by atoms with van der Waals surface area (Å²) in [7, 11) is 0. The van der Waals surface area contributed by atoms with E-state index in [-0.39, 0.29) is 17.4 Å². The smallest absolute Gasteiger partial charge is 0.305 e. The summed E-state index contributed by atoms with van der Waals surface area (Å²) in [6.45, 7) is 1.70. The zero-order valence-corrected chi connectivity index (χ0v) is 11.9. The van der Waals surface area contributed by atoms with Crippen molar-refractivity contribution in [2.24, 2.45) is 10.2 Å². The lowest BCUT2D eigenvalue weighted by Gasteiger charge is -1.99. The summed E-state index contributed by atoms with van der Waals surface area (Å²) in [4.78, 5) is 22.1. The van der Waals surface area contributed by atoms with Gasteiger partial charge in [0.1, 0.15) is 11.1 Å². The van der Waals surface area contributed by atoms with Crippen molar-refractivity contribution in [3.8, 4) is 0 Å². The Balaban J connectivity index is 2.07. The Labute approximate surface area is 124 Å². The Bertz CT molecular complexity index is 628. The van der Waals surface area contributed by atoms with E-state index < -0.39 is 17.1 Å². The molecule has 1 amide bonds. The van der Waals surface area contributed by atoms with Gasteiger partial charge in [0.2, 0.25) is 5.91 Å². The molecule has 1 saturated heterocycles. The van der Waals surface area contributed by atoms with Crippen molar-refractivity contribution in [2.75, 3.05) is 0 Å². The predicted molar refractivity (Wildman–Crippen MR) is 77.8 cm³/mol. The first-order chi connectivity index (χ1) is 9.95. The molecule has 1 fully saturated rings. The highest BCUT2D eigenvalue weighted by atomic mass is 32.2. The predicted octanol–water partition coefficient (Wildman–Crippen LogP) is 1.61. The molecule has 0 radical (unpaired) electrons. The van der Waals surface area contributed by atoms with E-state index in [0.717, 1.165) is 11.8 Å². The van der Waals surface area contributed by atoms with Gasteiger partial charge in [0.25, 0.3) is 0 Å². The van der Waals surface area contributed by atoms with Gasteiger partial charge in [-0.25, -0.2) is 4.39 Å². The van der Waals surface area contributed by atoms with Crippen LogP contribution in [0.3, 0.4) is 0 Å². The number of carbonyl (C=O) groups is 2. The third kappa shape index (κ3) is 4.12. The first kappa shape index (κ1) is 15.2. The maximum atomic E-state index is 12.8. The lowest BCUT2D eigenvalue weighted by Crippen LogP contribution is -2.26. The molecular weight excluding hydrogens is 297 g/mol. The molecule has 1 aromatic rings. The molecule has 0 spiro atoms. The maximum absolute atomic E-state index is 12.8. The molecule has 8 heteroatoms. The normalized spacial score (nSPS) is 20.7. The molecule has 0 aliphatic carbocycles. The number of rotatable bonds is 4. The molecule has 6 nitrogen and oxygen atoms in total. The lowest BCUT2D eigenvalue weighted by atomic mass is 10.1. The third-order valence-corrected chi connectivity index (χ3v) is 3.76. The van der Waals surface area contributed by atoms with Crippen molar-refractivity contribution in [1.29, 1.82) is 0 Å². The number of benzene rings is 1. The molecular formula is C13H12FN3O3S. The van der Waals surface area contributed by atoms with Crippen LogP contribution in [0.4, 0.5) is 4.39 Å². The second-order valence-electron chi connectivity index (χ2n) is 4.29. The number of carboxylic acid groups (broad SMARTS) is 1. The van der Waals surface area contributed by atoms with Crippen LogP contribution >= 0.6 is 11.8 Å². The second-order valence-corrected chi connectivity index (χ2v) is 5.48. The Morgan fingerprint density at radius 3 is 2.71 bits per heavy atom. The van der Waals surface area contributed by atoms with Gasteiger partial charge in [0, 0.05) is 0 Å². The average Bonchev–Trinajstić information content (AvgIpc) is 2.77. The largest absolute Gasteiger partial charge is 0.481 e. The quantitative estimate of drug-likeness (QED) is 0.653. The van der Waals surface area contributed by atoms with Gasteiger partial charge >= 0.3 is 5.97 Å². The van der Waals surface area contributed by atoms with Crippen molar-refractivity contribution in [3.63, 3.8) is 0 Å². The summed E-state index contributed by atoms with van der Waals surface area (Å²) in [6, 6.07) is 5.77. The minimum absolute atomic E-state index is 0.257. The Hall–Kier alpha value is -2.22. The number of hydrogen-bond donors (Lipinski definition) is 2. The summed E-state index contributed by atoms with van der Waals surface area (Å²) >= 11 is 1.03. The van der Waals surface area contributed by atoms with E-state index in [2.05, 4.69) is 15.5 Å². The highest BCUT2D eigenvalue weighted by Gasteiger charge is 2.32. The highest BCUT2D eigenvalue weighted by Crippen LogP contribution is 2.22. The zero-order chi connectivity index (χ0) is 15.4. The molecule has 1 aliphatic rings. The first-order valence-electron chi connectivity index (χ1n) is 6.03. The molecule has 21 heavy (non-hydrogen) atoms. The molecule has 0 aromatic heterocycles. The van der Waals surface area contributed by atoms with Gasteiger partial charge in [-0.2, -0.15) is 5.10 Å². The topological polar surface area (TPSA) is 91.1 Å². The van der Waals surface area contributed by atoms with Crippen LogP contribution in [0.1, 0.15) is 18.9 Å². The van der Waals surface area contributed by atoms with Crippen LogP contribution in [0.5, 0.6) is 0 Å². The fourth-order valence-corrected chi connectivity index (χ4v) is 2.52. The number of halogens is 1. The summed E-state index contributed by atoms with van der Waals surface area (Å²) in [5, 5.41) is 18.5. The van der Waals surface area contributed by atoms with Gasteiger partial charge in [-0.1, -0.05) is 23.9 Å². The number of nitrogens with one attached hydrogen (secondary N) is 1. The van der Waals surface area contributed by atoms with Gasteiger partial charge in [-0.05, 0) is 24.6 Å². The summed E-state index contributed by atoms with van der Waals surface area (Å²) in [6.07, 6.45) is -0.268. The van der Waals surface area contributed by atoms with Crippen LogP contribution in [0.25, 0.3) is 0 Å². The molecule has 2 rings (SSSR count). The number of carbonyl (C=O) groups excluding carboxylic acids is 1. The zero-order valence-electron chi connectivity index (χ0n) is 11.0. The van der Waals surface area contributed by atoms with Crippen LogP contribution in [0.15, 0.2) is 34.5 Å². The fourth-order valence-electron chi connectivity index (χ4n) is 1.61. The molecule has 0 bridgehead atoms. The standard InChI is InChI=1S/C13H12FN3O3S/c1-7(8-2-4-9(14)5-3-8)16-17-13-15-12(20)10(21-13)6-11(18)19/h2-5,10H,6H2,1H3,(H,18,19)(H,15,17,20)/b16-7+.